The molecule has 0 bridgehead atoms. The first-order valence-electron chi connectivity index (χ1n) is 7.21. The summed E-state index contributed by atoms with van der Waals surface area (Å²) < 4.78 is 11.3. The van der Waals surface area contributed by atoms with Gasteiger partial charge >= 0.3 is 0 Å². The van der Waals surface area contributed by atoms with Gasteiger partial charge in [0.1, 0.15) is 17.6 Å². The van der Waals surface area contributed by atoms with E-state index in [1.165, 1.54) is 0 Å². The maximum absolute atomic E-state index is 11.9. The van der Waals surface area contributed by atoms with E-state index in [1.807, 2.05) is 26.0 Å². The van der Waals surface area contributed by atoms with Crippen LogP contribution in [0.3, 0.4) is 0 Å². The smallest absolute Gasteiger partial charge is 0.238 e. The van der Waals surface area contributed by atoms with E-state index in [0.717, 1.165) is 17.7 Å². The van der Waals surface area contributed by atoms with E-state index in [0.29, 0.717) is 24.6 Å². The fourth-order valence-electron chi connectivity index (χ4n) is 2.29. The van der Waals surface area contributed by atoms with Crippen molar-refractivity contribution < 1.29 is 14.3 Å². The molecule has 1 amide bonds. The van der Waals surface area contributed by atoms with Crippen molar-refractivity contribution in [2.75, 3.05) is 25.0 Å². The second kappa shape index (κ2) is 7.13. The zero-order valence-electron chi connectivity index (χ0n) is 12.6. The van der Waals surface area contributed by atoms with Crippen LogP contribution in [-0.4, -0.2) is 31.7 Å². The molecule has 1 atom stereocenters. The zero-order valence-corrected chi connectivity index (χ0v) is 12.6. The lowest BCUT2D eigenvalue weighted by atomic mass is 10.1. The number of rotatable bonds is 7. The van der Waals surface area contributed by atoms with E-state index in [4.69, 9.17) is 9.47 Å². The van der Waals surface area contributed by atoms with Gasteiger partial charge in [-0.25, -0.2) is 0 Å². The summed E-state index contributed by atoms with van der Waals surface area (Å²) in [5.41, 5.74) is 1.77. The minimum absolute atomic E-state index is 0.121. The van der Waals surface area contributed by atoms with Crippen LogP contribution in [0.2, 0.25) is 0 Å². The monoisotopic (exact) mass is 290 g/mol. The standard InChI is InChI=1S/C16H22N2O3/c1-4-6-17-10-16(19)18-13-9-14-12(7-11(3)21-14)8-15(13)20-5-2/h4,8-9,11,17H,1,5-7,10H2,2-3H3,(H,18,19). The number of ether oxygens (including phenoxy) is 2. The van der Waals surface area contributed by atoms with Crippen molar-refractivity contribution in [3.05, 3.63) is 30.4 Å². The summed E-state index contributed by atoms with van der Waals surface area (Å²) in [5, 5.41) is 5.82. The Morgan fingerprint density at radius 3 is 3.10 bits per heavy atom. The van der Waals surface area contributed by atoms with Gasteiger partial charge in [0.15, 0.2) is 0 Å². The van der Waals surface area contributed by atoms with Crippen molar-refractivity contribution in [1.82, 2.24) is 5.32 Å². The maximum atomic E-state index is 11.9. The molecule has 1 unspecified atom stereocenters. The number of hydrogen-bond acceptors (Lipinski definition) is 4. The summed E-state index contributed by atoms with van der Waals surface area (Å²) in [6.07, 6.45) is 2.74. The van der Waals surface area contributed by atoms with E-state index in [9.17, 15) is 4.79 Å². The van der Waals surface area contributed by atoms with Gasteiger partial charge in [-0.15, -0.1) is 6.58 Å². The Labute approximate surface area is 125 Å². The number of carbonyl (C=O) groups is 1. The first-order chi connectivity index (χ1) is 10.1. The van der Waals surface area contributed by atoms with Gasteiger partial charge in [-0.1, -0.05) is 6.08 Å². The molecule has 1 aliphatic rings. The molecule has 114 valence electrons. The van der Waals surface area contributed by atoms with Gasteiger partial charge in [-0.05, 0) is 19.9 Å². The Hall–Kier alpha value is -2.01. The van der Waals surface area contributed by atoms with E-state index in [-0.39, 0.29) is 18.6 Å². The molecule has 0 radical (unpaired) electrons. The number of amides is 1. The topological polar surface area (TPSA) is 59.6 Å². The highest BCUT2D eigenvalue weighted by molar-refractivity contribution is 5.94. The molecular weight excluding hydrogens is 268 g/mol. The second-order valence-corrected chi connectivity index (χ2v) is 4.99. The van der Waals surface area contributed by atoms with E-state index >= 15 is 0 Å². The minimum Gasteiger partial charge on any atom is -0.492 e. The molecule has 5 nitrogen and oxygen atoms in total. The molecule has 0 saturated carbocycles. The number of nitrogens with one attached hydrogen (secondary N) is 2. The number of fused-ring (bicyclic) bond motifs is 1. The molecule has 0 fully saturated rings. The van der Waals surface area contributed by atoms with Gasteiger partial charge in [-0.2, -0.15) is 0 Å². The van der Waals surface area contributed by atoms with Crippen molar-refractivity contribution in [1.29, 1.82) is 0 Å². The predicted molar refractivity (Wildman–Crippen MR) is 83.1 cm³/mol. The SMILES string of the molecule is C=CCNCC(=O)Nc1cc2c(cc1OCC)CC(C)O2. The van der Waals surface area contributed by atoms with Crippen LogP contribution in [0.15, 0.2) is 24.8 Å². The Morgan fingerprint density at radius 2 is 2.38 bits per heavy atom. The van der Waals surface area contributed by atoms with Crippen molar-refractivity contribution in [3.8, 4) is 11.5 Å². The lowest BCUT2D eigenvalue weighted by Gasteiger charge is -2.13. The minimum atomic E-state index is -0.121. The van der Waals surface area contributed by atoms with Gasteiger partial charge in [-0.3, -0.25) is 4.79 Å². The van der Waals surface area contributed by atoms with Crippen molar-refractivity contribution in [2.24, 2.45) is 0 Å². The number of benzene rings is 1. The molecule has 0 aromatic heterocycles. The highest BCUT2D eigenvalue weighted by Gasteiger charge is 2.22. The van der Waals surface area contributed by atoms with Crippen LogP contribution in [0.1, 0.15) is 19.4 Å². The second-order valence-electron chi connectivity index (χ2n) is 4.99. The lowest BCUT2D eigenvalue weighted by molar-refractivity contribution is -0.115. The normalized spacial score (nSPS) is 16.0. The first kappa shape index (κ1) is 15.4. The van der Waals surface area contributed by atoms with Crippen LogP contribution < -0.4 is 20.1 Å². The van der Waals surface area contributed by atoms with E-state index < -0.39 is 0 Å². The number of carbonyl (C=O) groups excluding carboxylic acids is 1. The molecule has 1 heterocycles. The summed E-state index contributed by atoms with van der Waals surface area (Å²) in [5.74, 6) is 1.38. The first-order valence-corrected chi connectivity index (χ1v) is 7.21. The van der Waals surface area contributed by atoms with E-state index in [2.05, 4.69) is 17.2 Å². The molecule has 1 aromatic carbocycles. The molecular formula is C16H22N2O3. The fourth-order valence-corrected chi connectivity index (χ4v) is 2.29. The van der Waals surface area contributed by atoms with Crippen LogP contribution in [0.4, 0.5) is 5.69 Å². The average molecular weight is 290 g/mol. The van der Waals surface area contributed by atoms with Crippen LogP contribution in [-0.2, 0) is 11.2 Å². The van der Waals surface area contributed by atoms with E-state index in [1.54, 1.807) is 6.08 Å². The molecule has 5 heteroatoms. The predicted octanol–water partition coefficient (Wildman–Crippen LogP) is 2.12. The third-order valence-electron chi connectivity index (χ3n) is 3.15. The molecule has 2 N–H and O–H groups in total. The Kier molecular flexibility index (Phi) is 5.22. The lowest BCUT2D eigenvalue weighted by Crippen LogP contribution is -2.28. The molecule has 0 aliphatic carbocycles. The Bertz CT molecular complexity index is 528. The van der Waals surface area contributed by atoms with Gasteiger partial charge in [0.25, 0.3) is 0 Å². The largest absolute Gasteiger partial charge is 0.492 e. The molecule has 0 saturated heterocycles. The van der Waals surface area contributed by atoms with Gasteiger partial charge in [0, 0.05) is 24.6 Å². The highest BCUT2D eigenvalue weighted by atomic mass is 16.5. The average Bonchev–Trinajstić information content (AvgIpc) is 2.79. The third-order valence-corrected chi connectivity index (χ3v) is 3.15. The Morgan fingerprint density at radius 1 is 1.57 bits per heavy atom. The molecule has 2 rings (SSSR count). The summed E-state index contributed by atoms with van der Waals surface area (Å²) >= 11 is 0. The van der Waals surface area contributed by atoms with Crippen LogP contribution >= 0.6 is 0 Å². The summed E-state index contributed by atoms with van der Waals surface area (Å²) in [4.78, 5) is 11.9. The summed E-state index contributed by atoms with van der Waals surface area (Å²) in [6, 6.07) is 3.80. The fraction of sp³-hybridized carbons (Fsp3) is 0.438. The highest BCUT2D eigenvalue weighted by Crippen LogP contribution is 2.37. The van der Waals surface area contributed by atoms with Crippen LogP contribution in [0.25, 0.3) is 0 Å². The third kappa shape index (κ3) is 3.98. The van der Waals surface area contributed by atoms with Crippen molar-refractivity contribution in [2.45, 2.75) is 26.4 Å². The molecule has 0 spiro atoms. The van der Waals surface area contributed by atoms with Gasteiger partial charge < -0.3 is 20.1 Å². The quantitative estimate of drug-likeness (QED) is 0.596. The molecule has 1 aliphatic heterocycles. The number of anilines is 1. The number of hydrogen-bond donors (Lipinski definition) is 2. The Balaban J connectivity index is 2.12. The van der Waals surface area contributed by atoms with Crippen LogP contribution in [0, 0.1) is 0 Å². The van der Waals surface area contributed by atoms with Crippen LogP contribution in [0.5, 0.6) is 11.5 Å². The summed E-state index contributed by atoms with van der Waals surface area (Å²) in [7, 11) is 0. The summed E-state index contributed by atoms with van der Waals surface area (Å²) in [6.45, 7) is 8.91. The maximum Gasteiger partial charge on any atom is 0.238 e. The van der Waals surface area contributed by atoms with Crippen molar-refractivity contribution in [3.63, 3.8) is 0 Å². The molecule has 21 heavy (non-hydrogen) atoms. The molecule has 1 aromatic rings. The van der Waals surface area contributed by atoms with Gasteiger partial charge in [0.2, 0.25) is 5.91 Å². The zero-order chi connectivity index (χ0) is 15.2. The van der Waals surface area contributed by atoms with Gasteiger partial charge in [0.05, 0.1) is 18.8 Å². The van der Waals surface area contributed by atoms with Crippen molar-refractivity contribution >= 4 is 11.6 Å².